The summed E-state index contributed by atoms with van der Waals surface area (Å²) in [6.45, 7) is 14.5. The molecule has 0 saturated carbocycles. The molecule has 1 saturated heterocycles. The first-order valence-corrected chi connectivity index (χ1v) is 8.69. The van der Waals surface area contributed by atoms with Gasteiger partial charge in [-0.1, -0.05) is 13.8 Å². The van der Waals surface area contributed by atoms with Gasteiger partial charge in [-0.15, -0.1) is 11.3 Å². The SMILES string of the molecule is CCc1nc(N2CCC(C)CC2)sc1CNC(C)(C)C. The van der Waals surface area contributed by atoms with Gasteiger partial charge in [-0.3, -0.25) is 0 Å². The van der Waals surface area contributed by atoms with Gasteiger partial charge in [-0.2, -0.15) is 0 Å². The zero-order chi connectivity index (χ0) is 14.8. The maximum atomic E-state index is 4.88. The Kier molecular flexibility index (Phi) is 5.08. The van der Waals surface area contributed by atoms with Crippen LogP contribution < -0.4 is 10.2 Å². The molecule has 1 fully saturated rings. The van der Waals surface area contributed by atoms with E-state index in [1.807, 2.05) is 11.3 Å². The number of rotatable bonds is 4. The van der Waals surface area contributed by atoms with Gasteiger partial charge in [0.05, 0.1) is 5.69 Å². The second kappa shape index (κ2) is 6.44. The van der Waals surface area contributed by atoms with Crippen LogP contribution in [0.25, 0.3) is 0 Å². The minimum absolute atomic E-state index is 0.162. The number of nitrogens with one attached hydrogen (secondary N) is 1. The summed E-state index contributed by atoms with van der Waals surface area (Å²) in [4.78, 5) is 8.77. The zero-order valence-corrected chi connectivity index (χ0v) is 14.4. The van der Waals surface area contributed by atoms with Crippen molar-refractivity contribution in [2.45, 2.75) is 66.0 Å². The molecule has 0 radical (unpaired) electrons. The van der Waals surface area contributed by atoms with Crippen LogP contribution in [0.15, 0.2) is 0 Å². The summed E-state index contributed by atoms with van der Waals surface area (Å²) < 4.78 is 0. The van der Waals surface area contributed by atoms with Crippen molar-refractivity contribution in [3.05, 3.63) is 10.6 Å². The molecule has 4 heteroatoms. The quantitative estimate of drug-likeness (QED) is 0.915. The van der Waals surface area contributed by atoms with Crippen molar-refractivity contribution in [2.75, 3.05) is 18.0 Å². The molecule has 3 nitrogen and oxygen atoms in total. The summed E-state index contributed by atoms with van der Waals surface area (Å²) in [5, 5.41) is 4.82. The molecule has 0 unspecified atom stereocenters. The fraction of sp³-hybridized carbons (Fsp3) is 0.812. The predicted octanol–water partition coefficient (Wildman–Crippen LogP) is 3.83. The van der Waals surface area contributed by atoms with Crippen molar-refractivity contribution < 1.29 is 0 Å². The fourth-order valence-corrected chi connectivity index (χ4v) is 3.60. The van der Waals surface area contributed by atoms with Crippen LogP contribution in [-0.2, 0) is 13.0 Å². The summed E-state index contributed by atoms with van der Waals surface area (Å²) in [5.74, 6) is 0.874. The van der Waals surface area contributed by atoms with Gasteiger partial charge in [0.15, 0.2) is 5.13 Å². The van der Waals surface area contributed by atoms with Gasteiger partial charge in [-0.25, -0.2) is 4.98 Å². The van der Waals surface area contributed by atoms with Crippen LogP contribution in [0.2, 0.25) is 0 Å². The highest BCUT2D eigenvalue weighted by molar-refractivity contribution is 7.15. The highest BCUT2D eigenvalue weighted by Gasteiger charge is 2.21. The van der Waals surface area contributed by atoms with Gasteiger partial charge in [-0.05, 0) is 46.0 Å². The van der Waals surface area contributed by atoms with Gasteiger partial charge < -0.3 is 10.2 Å². The Morgan fingerprint density at radius 3 is 2.50 bits per heavy atom. The van der Waals surface area contributed by atoms with Crippen molar-refractivity contribution in [3.63, 3.8) is 0 Å². The summed E-state index contributed by atoms with van der Waals surface area (Å²) in [7, 11) is 0. The summed E-state index contributed by atoms with van der Waals surface area (Å²) in [6.07, 6.45) is 3.63. The first-order valence-electron chi connectivity index (χ1n) is 7.87. The lowest BCUT2D eigenvalue weighted by Gasteiger charge is -2.29. The Morgan fingerprint density at radius 1 is 1.30 bits per heavy atom. The number of piperidine rings is 1. The topological polar surface area (TPSA) is 28.2 Å². The Balaban J connectivity index is 2.06. The maximum absolute atomic E-state index is 4.88. The number of nitrogens with zero attached hydrogens (tertiary/aromatic N) is 2. The molecule has 20 heavy (non-hydrogen) atoms. The van der Waals surface area contributed by atoms with Gasteiger partial charge in [0.1, 0.15) is 0 Å². The number of anilines is 1. The van der Waals surface area contributed by atoms with Gasteiger partial charge in [0.2, 0.25) is 0 Å². The second-order valence-corrected chi connectivity index (χ2v) is 8.06. The summed E-state index contributed by atoms with van der Waals surface area (Å²) in [6, 6.07) is 0. The lowest BCUT2D eigenvalue weighted by atomic mass is 10.00. The van der Waals surface area contributed by atoms with E-state index < -0.39 is 0 Å². The van der Waals surface area contributed by atoms with Gasteiger partial charge >= 0.3 is 0 Å². The lowest BCUT2D eigenvalue weighted by molar-refractivity contribution is 0.425. The van der Waals surface area contributed by atoms with Crippen LogP contribution in [-0.4, -0.2) is 23.6 Å². The zero-order valence-electron chi connectivity index (χ0n) is 13.6. The molecule has 0 spiro atoms. The maximum Gasteiger partial charge on any atom is 0.185 e. The summed E-state index contributed by atoms with van der Waals surface area (Å²) in [5.41, 5.74) is 1.44. The third-order valence-corrected chi connectivity index (χ3v) is 5.09. The summed E-state index contributed by atoms with van der Waals surface area (Å²) >= 11 is 1.88. The van der Waals surface area contributed by atoms with Crippen LogP contribution >= 0.6 is 11.3 Å². The highest BCUT2D eigenvalue weighted by atomic mass is 32.1. The molecular formula is C16H29N3S. The molecule has 1 aliphatic rings. The molecule has 2 heterocycles. The third kappa shape index (κ3) is 4.19. The number of hydrogen-bond acceptors (Lipinski definition) is 4. The van der Waals surface area contributed by atoms with E-state index in [1.165, 1.54) is 41.6 Å². The van der Waals surface area contributed by atoms with E-state index in [0.717, 1.165) is 18.9 Å². The molecule has 1 aliphatic heterocycles. The highest BCUT2D eigenvalue weighted by Crippen LogP contribution is 2.30. The number of aromatic nitrogens is 1. The first-order chi connectivity index (χ1) is 9.39. The molecule has 0 atom stereocenters. The van der Waals surface area contributed by atoms with Crippen molar-refractivity contribution in [3.8, 4) is 0 Å². The Labute approximate surface area is 127 Å². The van der Waals surface area contributed by atoms with E-state index >= 15 is 0 Å². The van der Waals surface area contributed by atoms with Crippen molar-refractivity contribution in [2.24, 2.45) is 5.92 Å². The van der Waals surface area contributed by atoms with E-state index in [1.54, 1.807) is 0 Å². The van der Waals surface area contributed by atoms with Crippen LogP contribution in [0.1, 0.15) is 58.0 Å². The van der Waals surface area contributed by atoms with E-state index in [-0.39, 0.29) is 5.54 Å². The van der Waals surface area contributed by atoms with E-state index in [0.29, 0.717) is 0 Å². The lowest BCUT2D eigenvalue weighted by Crippen LogP contribution is -2.35. The minimum Gasteiger partial charge on any atom is -0.348 e. The Bertz CT molecular complexity index is 425. The fourth-order valence-electron chi connectivity index (χ4n) is 2.46. The molecule has 0 aliphatic carbocycles. The smallest absolute Gasteiger partial charge is 0.185 e. The number of hydrogen-bond donors (Lipinski definition) is 1. The molecule has 0 aromatic carbocycles. The van der Waals surface area contributed by atoms with Crippen LogP contribution in [0.4, 0.5) is 5.13 Å². The largest absolute Gasteiger partial charge is 0.348 e. The predicted molar refractivity (Wildman–Crippen MR) is 88.7 cm³/mol. The molecule has 0 bridgehead atoms. The minimum atomic E-state index is 0.162. The molecule has 1 aromatic heterocycles. The van der Waals surface area contributed by atoms with E-state index in [9.17, 15) is 0 Å². The molecule has 0 amide bonds. The van der Waals surface area contributed by atoms with Crippen molar-refractivity contribution in [1.82, 2.24) is 10.3 Å². The van der Waals surface area contributed by atoms with Crippen LogP contribution in [0.3, 0.4) is 0 Å². The van der Waals surface area contributed by atoms with Crippen LogP contribution in [0, 0.1) is 5.92 Å². The standard InChI is InChI=1S/C16H29N3S/c1-6-13-14(11-17-16(3,4)5)20-15(18-13)19-9-7-12(2)8-10-19/h12,17H,6-11H2,1-5H3. The number of aryl methyl sites for hydroxylation is 1. The number of thiazole rings is 1. The molecule has 114 valence electrons. The van der Waals surface area contributed by atoms with Gasteiger partial charge in [0, 0.05) is 30.1 Å². The molecule has 2 rings (SSSR count). The average molecular weight is 295 g/mol. The van der Waals surface area contributed by atoms with Crippen LogP contribution in [0.5, 0.6) is 0 Å². The molecular weight excluding hydrogens is 266 g/mol. The van der Waals surface area contributed by atoms with Gasteiger partial charge in [0.25, 0.3) is 0 Å². The second-order valence-electron chi connectivity index (χ2n) is 6.99. The average Bonchev–Trinajstić information content (AvgIpc) is 2.79. The molecule has 1 N–H and O–H groups in total. The Morgan fingerprint density at radius 2 is 1.95 bits per heavy atom. The van der Waals surface area contributed by atoms with Crippen molar-refractivity contribution in [1.29, 1.82) is 0 Å². The molecule has 1 aromatic rings. The third-order valence-electron chi connectivity index (χ3n) is 3.94. The Hall–Kier alpha value is -0.610. The monoisotopic (exact) mass is 295 g/mol. The van der Waals surface area contributed by atoms with Crippen molar-refractivity contribution >= 4 is 16.5 Å². The first kappa shape index (κ1) is 15.8. The van der Waals surface area contributed by atoms with E-state index in [2.05, 4.69) is 44.8 Å². The normalized spacial score (nSPS) is 17.8. The van der Waals surface area contributed by atoms with E-state index in [4.69, 9.17) is 4.98 Å².